The average molecular weight is 571 g/mol. The summed E-state index contributed by atoms with van der Waals surface area (Å²) in [5.41, 5.74) is -2.95. The van der Waals surface area contributed by atoms with Crippen molar-refractivity contribution >= 4 is 26.7 Å². The van der Waals surface area contributed by atoms with Gasteiger partial charge < -0.3 is 19.9 Å². The maximum absolute atomic E-state index is 15.3. The summed E-state index contributed by atoms with van der Waals surface area (Å²) in [6.07, 6.45) is 1.09. The molecule has 2 N–H and O–H groups in total. The molecule has 1 aromatic heterocycles. The highest BCUT2D eigenvalue weighted by Gasteiger charge is 2.49. The van der Waals surface area contributed by atoms with Gasteiger partial charge in [-0.25, -0.2) is 27.1 Å². The van der Waals surface area contributed by atoms with E-state index in [-0.39, 0.29) is 18.7 Å². The van der Waals surface area contributed by atoms with Crippen LogP contribution in [0.25, 0.3) is 10.9 Å². The lowest BCUT2D eigenvalue weighted by Gasteiger charge is -2.30. The molecule has 1 atom stereocenters. The minimum Gasteiger partial charge on any atom is -0.493 e. The van der Waals surface area contributed by atoms with Gasteiger partial charge in [0.05, 0.1) is 30.5 Å². The van der Waals surface area contributed by atoms with Crippen molar-refractivity contribution in [3.8, 4) is 11.5 Å². The Balaban J connectivity index is 1.99. The molecular formula is C26H33F3N4O5S. The average Bonchev–Trinajstić information content (AvgIpc) is 2.82. The predicted molar refractivity (Wildman–Crippen MR) is 142 cm³/mol. The number of aliphatic hydroxyl groups is 1. The third-order valence-electron chi connectivity index (χ3n) is 6.28. The van der Waals surface area contributed by atoms with E-state index in [1.807, 2.05) is 0 Å². The highest BCUT2D eigenvalue weighted by atomic mass is 32.2. The number of aromatic nitrogens is 2. The molecule has 1 heterocycles. The number of nitrogens with zero attached hydrogens (tertiary/aromatic N) is 3. The lowest BCUT2D eigenvalue weighted by molar-refractivity contribution is -0.170. The first-order valence-electron chi connectivity index (χ1n) is 12.0. The van der Waals surface area contributed by atoms with Crippen molar-refractivity contribution in [3.63, 3.8) is 0 Å². The van der Waals surface area contributed by atoms with E-state index in [2.05, 4.69) is 15.3 Å². The van der Waals surface area contributed by atoms with Gasteiger partial charge in [0, 0.05) is 30.6 Å². The fourth-order valence-electron chi connectivity index (χ4n) is 3.82. The summed E-state index contributed by atoms with van der Waals surface area (Å²) < 4.78 is 80.6. The van der Waals surface area contributed by atoms with Crippen molar-refractivity contribution < 1.29 is 36.2 Å². The number of benzene rings is 2. The molecule has 0 spiro atoms. The first-order valence-corrected chi connectivity index (χ1v) is 13.9. The van der Waals surface area contributed by atoms with Gasteiger partial charge in [0.15, 0.2) is 11.5 Å². The summed E-state index contributed by atoms with van der Waals surface area (Å²) in [5, 5.41) is 13.5. The standard InChI is InChI=1S/C26H33F3N4O5S/c1-15(17-9-8-10-19(23(17)27)26(28,29)25(3,4)34)30-24-18-13-22(38-12-11-33(5)39(7,35)36)21(37-6)14-20(18)31-16(2)32-24/h8-10,13-15,34H,11-12H2,1-7H3,(H,30,31,32). The second kappa shape index (κ2) is 11.1. The number of likely N-dealkylation sites (N-methyl/N-ethyl adjacent to an activating group) is 1. The van der Waals surface area contributed by atoms with Crippen LogP contribution in [0.5, 0.6) is 11.5 Å². The summed E-state index contributed by atoms with van der Waals surface area (Å²) in [6.45, 7) is 5.23. The van der Waals surface area contributed by atoms with Crippen LogP contribution in [0.2, 0.25) is 0 Å². The van der Waals surface area contributed by atoms with E-state index in [1.54, 1.807) is 26.0 Å². The number of hydrogen-bond acceptors (Lipinski definition) is 8. The van der Waals surface area contributed by atoms with Crippen LogP contribution in [0, 0.1) is 12.7 Å². The largest absolute Gasteiger partial charge is 0.493 e. The van der Waals surface area contributed by atoms with Crippen molar-refractivity contribution in [2.24, 2.45) is 0 Å². The number of halogens is 3. The Kier molecular flexibility index (Phi) is 8.68. The molecule has 0 saturated heterocycles. The number of hydrogen-bond donors (Lipinski definition) is 2. The van der Waals surface area contributed by atoms with Crippen LogP contribution >= 0.6 is 0 Å². The van der Waals surface area contributed by atoms with Crippen LogP contribution in [0.3, 0.4) is 0 Å². The molecule has 0 radical (unpaired) electrons. The molecule has 0 bridgehead atoms. The molecule has 39 heavy (non-hydrogen) atoms. The van der Waals surface area contributed by atoms with Gasteiger partial charge in [-0.3, -0.25) is 0 Å². The fraction of sp³-hybridized carbons (Fsp3) is 0.462. The highest BCUT2D eigenvalue weighted by molar-refractivity contribution is 7.88. The normalized spacial score (nSPS) is 13.5. The lowest BCUT2D eigenvalue weighted by atomic mass is 9.91. The van der Waals surface area contributed by atoms with Gasteiger partial charge in [-0.15, -0.1) is 0 Å². The minimum absolute atomic E-state index is 0.0325. The molecule has 1 unspecified atom stereocenters. The Morgan fingerprint density at radius 2 is 1.85 bits per heavy atom. The zero-order valence-electron chi connectivity index (χ0n) is 22.8. The molecule has 3 rings (SSSR count). The second-order valence-electron chi connectivity index (χ2n) is 9.78. The summed E-state index contributed by atoms with van der Waals surface area (Å²) in [6, 6.07) is 6.06. The molecule has 0 aliphatic carbocycles. The Bertz CT molecular complexity index is 1460. The molecule has 214 valence electrons. The molecule has 9 nitrogen and oxygen atoms in total. The number of alkyl halides is 2. The van der Waals surface area contributed by atoms with Gasteiger partial charge in [-0.2, -0.15) is 8.78 Å². The summed E-state index contributed by atoms with van der Waals surface area (Å²) in [4.78, 5) is 8.85. The van der Waals surface area contributed by atoms with Crippen molar-refractivity contribution in [2.45, 2.75) is 45.3 Å². The first-order chi connectivity index (χ1) is 18.0. The fourth-order valence-corrected chi connectivity index (χ4v) is 4.23. The van der Waals surface area contributed by atoms with Gasteiger partial charge >= 0.3 is 5.92 Å². The van der Waals surface area contributed by atoms with Gasteiger partial charge in [0.25, 0.3) is 0 Å². The zero-order valence-corrected chi connectivity index (χ0v) is 23.7. The molecule has 0 aliphatic heterocycles. The van der Waals surface area contributed by atoms with Gasteiger partial charge in [0.1, 0.15) is 29.7 Å². The SMILES string of the molecule is COc1cc2nc(C)nc(NC(C)c3cccc(C(F)(F)C(C)(C)O)c3F)c2cc1OCCN(C)S(C)(=O)=O. The van der Waals surface area contributed by atoms with E-state index in [1.165, 1.54) is 26.3 Å². The summed E-state index contributed by atoms with van der Waals surface area (Å²) in [7, 11) is -0.501. The molecule has 0 fully saturated rings. The summed E-state index contributed by atoms with van der Waals surface area (Å²) >= 11 is 0. The smallest absolute Gasteiger partial charge is 0.303 e. The molecule has 0 aliphatic rings. The van der Waals surface area contributed by atoms with Gasteiger partial charge in [-0.1, -0.05) is 12.1 Å². The third-order valence-corrected chi connectivity index (χ3v) is 7.59. The number of nitrogens with one attached hydrogen (secondary N) is 1. The van der Waals surface area contributed by atoms with Crippen LogP contribution in [-0.2, 0) is 15.9 Å². The third kappa shape index (κ3) is 6.53. The van der Waals surface area contributed by atoms with E-state index in [0.29, 0.717) is 34.0 Å². The number of anilines is 1. The van der Waals surface area contributed by atoms with E-state index < -0.39 is 39.0 Å². The van der Waals surface area contributed by atoms with Crippen LogP contribution in [0.15, 0.2) is 30.3 Å². The van der Waals surface area contributed by atoms with Crippen molar-refractivity contribution in [2.75, 3.05) is 38.9 Å². The number of ether oxygens (including phenoxy) is 2. The molecular weight excluding hydrogens is 537 g/mol. The Hall–Kier alpha value is -3.16. The Morgan fingerprint density at radius 1 is 1.18 bits per heavy atom. The number of methoxy groups -OCH3 is 1. The predicted octanol–water partition coefficient (Wildman–Crippen LogP) is 4.39. The van der Waals surface area contributed by atoms with E-state index in [9.17, 15) is 22.3 Å². The minimum atomic E-state index is -3.83. The van der Waals surface area contributed by atoms with Crippen LogP contribution < -0.4 is 14.8 Å². The first kappa shape index (κ1) is 30.4. The lowest BCUT2D eigenvalue weighted by Crippen LogP contribution is -2.41. The van der Waals surface area contributed by atoms with Crippen LogP contribution in [-0.4, -0.2) is 67.0 Å². The number of sulfonamides is 1. The molecule has 0 amide bonds. The Morgan fingerprint density at radius 3 is 2.44 bits per heavy atom. The maximum Gasteiger partial charge on any atom is 0.303 e. The molecule has 2 aromatic carbocycles. The molecule has 3 aromatic rings. The zero-order chi connectivity index (χ0) is 29.3. The molecule has 0 saturated carbocycles. The maximum atomic E-state index is 15.3. The Labute approximate surface area is 226 Å². The topological polar surface area (TPSA) is 114 Å². The highest BCUT2D eigenvalue weighted by Crippen LogP contribution is 2.41. The van der Waals surface area contributed by atoms with Crippen molar-refractivity contribution in [1.82, 2.24) is 14.3 Å². The van der Waals surface area contributed by atoms with E-state index in [0.717, 1.165) is 30.5 Å². The number of fused-ring (bicyclic) bond motifs is 1. The van der Waals surface area contributed by atoms with Gasteiger partial charge in [0.2, 0.25) is 10.0 Å². The van der Waals surface area contributed by atoms with Gasteiger partial charge in [-0.05, 0) is 39.8 Å². The molecule has 13 heteroatoms. The van der Waals surface area contributed by atoms with E-state index in [4.69, 9.17) is 9.47 Å². The quantitative estimate of drug-likeness (QED) is 0.349. The number of aryl methyl sites for hydroxylation is 1. The van der Waals surface area contributed by atoms with E-state index >= 15 is 4.39 Å². The second-order valence-corrected chi connectivity index (χ2v) is 11.9. The van der Waals surface area contributed by atoms with Crippen LogP contribution in [0.4, 0.5) is 19.0 Å². The van der Waals surface area contributed by atoms with Crippen LogP contribution in [0.1, 0.15) is 43.8 Å². The summed E-state index contributed by atoms with van der Waals surface area (Å²) in [5.74, 6) is -3.63. The monoisotopic (exact) mass is 570 g/mol. The van der Waals surface area contributed by atoms with Crippen molar-refractivity contribution in [3.05, 3.63) is 53.1 Å². The van der Waals surface area contributed by atoms with Crippen molar-refractivity contribution in [1.29, 1.82) is 0 Å². The number of rotatable bonds is 11.